The Bertz CT molecular complexity index is 753. The predicted molar refractivity (Wildman–Crippen MR) is 86.1 cm³/mol. The van der Waals surface area contributed by atoms with E-state index in [4.69, 9.17) is 21.5 Å². The van der Waals surface area contributed by atoms with Gasteiger partial charge in [0, 0.05) is 6.92 Å². The molecule has 1 aromatic carbocycles. The molecule has 1 saturated heterocycles. The number of carbonyl (C=O) groups is 1. The van der Waals surface area contributed by atoms with Crippen molar-refractivity contribution in [2.45, 2.75) is 13.5 Å². The largest absolute Gasteiger partial charge is 0.485 e. The Hall–Kier alpha value is -2.19. The number of thiocarbonyl (C=S) groups is 1. The zero-order chi connectivity index (χ0) is 15.5. The summed E-state index contributed by atoms with van der Waals surface area (Å²) in [6.07, 6.45) is 1.78. The number of rotatable bonds is 4. The Morgan fingerprint density at radius 1 is 1.41 bits per heavy atom. The van der Waals surface area contributed by atoms with Crippen LogP contribution in [-0.4, -0.2) is 20.4 Å². The van der Waals surface area contributed by atoms with Crippen LogP contribution in [0.25, 0.3) is 6.08 Å². The summed E-state index contributed by atoms with van der Waals surface area (Å²) >= 11 is 6.20. The van der Waals surface area contributed by atoms with Gasteiger partial charge in [0.25, 0.3) is 5.91 Å². The summed E-state index contributed by atoms with van der Waals surface area (Å²) in [5, 5.41) is 6.33. The molecular weight excluding hydrogens is 322 g/mol. The van der Waals surface area contributed by atoms with Crippen LogP contribution in [0.1, 0.15) is 17.3 Å². The summed E-state index contributed by atoms with van der Waals surface area (Å²) < 4.78 is 10.9. The summed E-state index contributed by atoms with van der Waals surface area (Å²) in [6, 6.07) is 7.35. The van der Waals surface area contributed by atoms with E-state index in [1.54, 1.807) is 13.0 Å². The molecule has 0 unspecified atom stereocenters. The molecule has 112 valence electrons. The molecule has 0 saturated carbocycles. The van der Waals surface area contributed by atoms with E-state index in [9.17, 15) is 4.79 Å². The van der Waals surface area contributed by atoms with Crippen molar-refractivity contribution in [3.05, 3.63) is 46.4 Å². The first-order valence-corrected chi connectivity index (χ1v) is 7.59. The van der Waals surface area contributed by atoms with Gasteiger partial charge in [-0.2, -0.15) is 4.98 Å². The number of benzene rings is 1. The van der Waals surface area contributed by atoms with E-state index in [1.165, 1.54) is 11.8 Å². The molecule has 0 bridgehead atoms. The molecule has 3 rings (SSSR count). The van der Waals surface area contributed by atoms with E-state index in [2.05, 4.69) is 15.5 Å². The Kier molecular flexibility index (Phi) is 4.21. The fourth-order valence-corrected chi connectivity index (χ4v) is 2.82. The number of ether oxygens (including phenoxy) is 1. The van der Waals surface area contributed by atoms with Crippen molar-refractivity contribution in [2.75, 3.05) is 0 Å². The second-order valence-corrected chi connectivity index (χ2v) is 6.16. The molecule has 2 heterocycles. The van der Waals surface area contributed by atoms with Crippen molar-refractivity contribution in [1.29, 1.82) is 0 Å². The molecule has 1 N–H and O–H groups in total. The first-order chi connectivity index (χ1) is 10.6. The van der Waals surface area contributed by atoms with Gasteiger partial charge in [0.05, 0.1) is 4.91 Å². The van der Waals surface area contributed by atoms with Crippen LogP contribution in [0.5, 0.6) is 5.75 Å². The highest BCUT2D eigenvalue weighted by Gasteiger charge is 2.21. The molecule has 1 amide bonds. The minimum Gasteiger partial charge on any atom is -0.485 e. The van der Waals surface area contributed by atoms with Crippen LogP contribution >= 0.6 is 24.0 Å². The lowest BCUT2D eigenvalue weighted by Crippen LogP contribution is -2.17. The Morgan fingerprint density at radius 2 is 2.18 bits per heavy atom. The number of nitrogens with one attached hydrogen (secondary N) is 1. The van der Waals surface area contributed by atoms with E-state index in [1.807, 2.05) is 24.3 Å². The van der Waals surface area contributed by atoms with Crippen molar-refractivity contribution >= 4 is 40.3 Å². The van der Waals surface area contributed by atoms with E-state index < -0.39 is 0 Å². The fourth-order valence-electron chi connectivity index (χ4n) is 1.78. The molecule has 8 heteroatoms. The monoisotopic (exact) mass is 333 g/mol. The summed E-state index contributed by atoms with van der Waals surface area (Å²) in [5.74, 6) is 1.52. The highest BCUT2D eigenvalue weighted by molar-refractivity contribution is 8.26. The summed E-state index contributed by atoms with van der Waals surface area (Å²) in [7, 11) is 0. The number of nitrogens with zero attached hydrogens (tertiary/aromatic N) is 2. The van der Waals surface area contributed by atoms with E-state index in [-0.39, 0.29) is 12.5 Å². The highest BCUT2D eigenvalue weighted by Crippen LogP contribution is 2.26. The van der Waals surface area contributed by atoms with Gasteiger partial charge in [-0.05, 0) is 23.8 Å². The number of amides is 1. The molecule has 0 atom stereocenters. The van der Waals surface area contributed by atoms with Gasteiger partial charge in [-0.15, -0.1) is 0 Å². The van der Waals surface area contributed by atoms with Crippen LogP contribution in [0.2, 0.25) is 0 Å². The van der Waals surface area contributed by atoms with Gasteiger partial charge >= 0.3 is 0 Å². The molecule has 0 aliphatic carbocycles. The molecule has 0 spiro atoms. The number of carbonyl (C=O) groups excluding carboxylic acids is 1. The molecule has 1 fully saturated rings. The molecule has 1 aromatic heterocycles. The third-order valence-electron chi connectivity index (χ3n) is 2.76. The topological polar surface area (TPSA) is 77.2 Å². The van der Waals surface area contributed by atoms with Crippen LogP contribution in [0.15, 0.2) is 33.7 Å². The first kappa shape index (κ1) is 14.7. The van der Waals surface area contributed by atoms with Crippen molar-refractivity contribution in [1.82, 2.24) is 15.5 Å². The minimum absolute atomic E-state index is 0.164. The lowest BCUT2D eigenvalue weighted by atomic mass is 10.2. The molecule has 22 heavy (non-hydrogen) atoms. The van der Waals surface area contributed by atoms with E-state index in [0.717, 1.165) is 5.56 Å². The quantitative estimate of drug-likeness (QED) is 0.680. The molecular formula is C14H11N3O3S2. The van der Waals surface area contributed by atoms with Gasteiger partial charge in [-0.25, -0.2) is 0 Å². The van der Waals surface area contributed by atoms with E-state index >= 15 is 0 Å². The maximum atomic E-state index is 11.6. The maximum absolute atomic E-state index is 11.6. The fraction of sp³-hybridized carbons (Fsp3) is 0.143. The molecule has 0 radical (unpaired) electrons. The normalized spacial score (nSPS) is 16.1. The molecule has 1 aliphatic heterocycles. The van der Waals surface area contributed by atoms with Crippen LogP contribution in [0.4, 0.5) is 0 Å². The standard InChI is InChI=1S/C14H11N3O3S2/c1-8-15-12(17-20-8)7-19-10-4-2-9(3-5-10)6-11-13(18)16-14(21)22-11/h2-6H,7H2,1H3,(H,16,18,21). The van der Waals surface area contributed by atoms with Crippen molar-refractivity contribution < 1.29 is 14.1 Å². The lowest BCUT2D eigenvalue weighted by Gasteiger charge is -2.03. The van der Waals surface area contributed by atoms with E-state index in [0.29, 0.717) is 26.7 Å². The second kappa shape index (κ2) is 6.29. The SMILES string of the molecule is Cc1nc(COc2ccc(C=C3SC(=S)NC3=O)cc2)no1. The Morgan fingerprint density at radius 3 is 2.77 bits per heavy atom. The smallest absolute Gasteiger partial charge is 0.263 e. The second-order valence-electron chi connectivity index (χ2n) is 4.44. The average Bonchev–Trinajstić information content (AvgIpc) is 3.04. The molecule has 2 aromatic rings. The number of hydrogen-bond donors (Lipinski definition) is 1. The Labute approximate surface area is 135 Å². The summed E-state index contributed by atoms with van der Waals surface area (Å²) in [4.78, 5) is 16.2. The maximum Gasteiger partial charge on any atom is 0.263 e. The summed E-state index contributed by atoms with van der Waals surface area (Å²) in [6.45, 7) is 1.96. The van der Waals surface area contributed by atoms with Gasteiger partial charge in [0.15, 0.2) is 6.61 Å². The number of aryl methyl sites for hydroxylation is 1. The third kappa shape index (κ3) is 3.52. The van der Waals surface area contributed by atoms with Gasteiger partial charge < -0.3 is 14.6 Å². The van der Waals surface area contributed by atoms with Crippen molar-refractivity contribution in [3.63, 3.8) is 0 Å². The van der Waals surface area contributed by atoms with Crippen molar-refractivity contribution in [2.24, 2.45) is 0 Å². The van der Waals surface area contributed by atoms with Crippen LogP contribution in [-0.2, 0) is 11.4 Å². The van der Waals surface area contributed by atoms with Crippen LogP contribution < -0.4 is 10.1 Å². The zero-order valence-electron chi connectivity index (χ0n) is 11.5. The average molecular weight is 333 g/mol. The van der Waals surface area contributed by atoms with Gasteiger partial charge in [-0.1, -0.05) is 41.3 Å². The minimum atomic E-state index is -0.164. The number of aromatic nitrogens is 2. The van der Waals surface area contributed by atoms with Gasteiger partial charge in [0.1, 0.15) is 10.1 Å². The molecule has 1 aliphatic rings. The van der Waals surface area contributed by atoms with Crippen LogP contribution in [0, 0.1) is 6.92 Å². The number of hydrogen-bond acceptors (Lipinski definition) is 7. The molecule has 6 nitrogen and oxygen atoms in total. The number of thioether (sulfide) groups is 1. The van der Waals surface area contributed by atoms with Crippen LogP contribution in [0.3, 0.4) is 0 Å². The third-order valence-corrected chi connectivity index (χ3v) is 3.92. The predicted octanol–water partition coefficient (Wildman–Crippen LogP) is 2.45. The highest BCUT2D eigenvalue weighted by atomic mass is 32.2. The lowest BCUT2D eigenvalue weighted by molar-refractivity contribution is -0.115. The van der Waals surface area contributed by atoms with Crippen molar-refractivity contribution in [3.8, 4) is 5.75 Å². The van der Waals surface area contributed by atoms with Gasteiger partial charge in [0.2, 0.25) is 11.7 Å². The zero-order valence-corrected chi connectivity index (χ0v) is 13.2. The first-order valence-electron chi connectivity index (χ1n) is 6.37. The van der Waals surface area contributed by atoms with Gasteiger partial charge in [-0.3, -0.25) is 4.79 Å². The summed E-state index contributed by atoms with van der Waals surface area (Å²) in [5.41, 5.74) is 0.894. The Balaban J connectivity index is 1.64.